The maximum Gasteiger partial charge on any atom is 0.298 e. The Bertz CT molecular complexity index is 494. The molecule has 0 aliphatic carbocycles. The molecule has 0 amide bonds. The van der Waals surface area contributed by atoms with Gasteiger partial charge in [-0.25, -0.2) is 0 Å². The van der Waals surface area contributed by atoms with Gasteiger partial charge in [0.15, 0.2) is 0 Å². The zero-order valence-corrected chi connectivity index (χ0v) is 12.1. The number of rotatable bonds is 8. The average Bonchev–Trinajstić information content (AvgIpc) is 2.34. The molecule has 0 atom stereocenters. The molecule has 19 heavy (non-hydrogen) atoms. The van der Waals surface area contributed by atoms with Crippen LogP contribution in [0.4, 0.5) is 0 Å². The fourth-order valence-corrected chi connectivity index (χ4v) is 2.66. The van der Waals surface area contributed by atoms with E-state index in [1.807, 2.05) is 0 Å². The van der Waals surface area contributed by atoms with E-state index in [1.165, 1.54) is 37.8 Å². The van der Waals surface area contributed by atoms with E-state index in [0.717, 1.165) is 24.8 Å². The summed E-state index contributed by atoms with van der Waals surface area (Å²) >= 11 is 0. The molecule has 0 saturated heterocycles. The van der Waals surface area contributed by atoms with Gasteiger partial charge in [-0.1, -0.05) is 45.1 Å². The van der Waals surface area contributed by atoms with Crippen molar-refractivity contribution < 1.29 is 18.1 Å². The molecule has 5 heteroatoms. The highest BCUT2D eigenvalue weighted by molar-refractivity contribution is 7.86. The number of unbranched alkanes of at least 4 members (excludes halogenated alkanes) is 5. The van der Waals surface area contributed by atoms with Crippen molar-refractivity contribution in [2.24, 2.45) is 0 Å². The smallest absolute Gasteiger partial charge is 0.298 e. The summed E-state index contributed by atoms with van der Waals surface area (Å²) < 4.78 is 31.1. The van der Waals surface area contributed by atoms with E-state index < -0.39 is 20.8 Å². The van der Waals surface area contributed by atoms with Crippen LogP contribution >= 0.6 is 0 Å². The molecular formula is C14H22O4S. The first-order valence-electron chi connectivity index (χ1n) is 6.74. The predicted molar refractivity (Wildman–Crippen MR) is 75.0 cm³/mol. The maximum atomic E-state index is 11.0. The first-order chi connectivity index (χ1) is 8.95. The summed E-state index contributed by atoms with van der Waals surface area (Å²) in [4.78, 5) is -0.406. The molecule has 0 spiro atoms. The minimum Gasteiger partial charge on any atom is -0.506 e. The van der Waals surface area contributed by atoms with Crippen LogP contribution in [-0.2, 0) is 16.5 Å². The summed E-state index contributed by atoms with van der Waals surface area (Å²) in [7, 11) is -4.35. The van der Waals surface area contributed by atoms with Crippen molar-refractivity contribution in [1.82, 2.24) is 0 Å². The van der Waals surface area contributed by atoms with Crippen molar-refractivity contribution in [2.75, 3.05) is 0 Å². The first-order valence-corrected chi connectivity index (χ1v) is 8.18. The van der Waals surface area contributed by atoms with Gasteiger partial charge in [0.2, 0.25) is 0 Å². The Hall–Kier alpha value is -1.07. The molecule has 108 valence electrons. The maximum absolute atomic E-state index is 11.0. The van der Waals surface area contributed by atoms with Crippen LogP contribution in [0.5, 0.6) is 5.75 Å². The molecule has 0 aliphatic heterocycles. The minimum atomic E-state index is -4.35. The van der Waals surface area contributed by atoms with Gasteiger partial charge >= 0.3 is 0 Å². The Kier molecular flexibility index (Phi) is 6.31. The fourth-order valence-electron chi connectivity index (χ4n) is 2.03. The number of aromatic hydroxyl groups is 1. The van der Waals surface area contributed by atoms with Crippen molar-refractivity contribution in [1.29, 1.82) is 0 Å². The topological polar surface area (TPSA) is 74.6 Å². The highest BCUT2D eigenvalue weighted by atomic mass is 32.2. The van der Waals surface area contributed by atoms with Crippen molar-refractivity contribution in [3.63, 3.8) is 0 Å². The second-order valence-electron chi connectivity index (χ2n) is 4.79. The van der Waals surface area contributed by atoms with Crippen LogP contribution in [0, 0.1) is 0 Å². The number of phenolic OH excluding ortho intramolecular Hbond substituents is 1. The van der Waals surface area contributed by atoms with Crippen LogP contribution in [0.1, 0.15) is 51.0 Å². The van der Waals surface area contributed by atoms with Crippen molar-refractivity contribution in [2.45, 2.75) is 56.8 Å². The van der Waals surface area contributed by atoms with Crippen LogP contribution < -0.4 is 0 Å². The minimum absolute atomic E-state index is 0.406. The molecule has 0 unspecified atom stereocenters. The number of hydrogen-bond donors (Lipinski definition) is 2. The average molecular weight is 286 g/mol. The van der Waals surface area contributed by atoms with E-state index in [0.29, 0.717) is 0 Å². The van der Waals surface area contributed by atoms with E-state index in [9.17, 15) is 13.5 Å². The van der Waals surface area contributed by atoms with Gasteiger partial charge < -0.3 is 5.11 Å². The summed E-state index contributed by atoms with van der Waals surface area (Å²) in [5.41, 5.74) is 0.820. The quantitative estimate of drug-likeness (QED) is 0.566. The van der Waals surface area contributed by atoms with Gasteiger partial charge in [0.05, 0.1) is 0 Å². The van der Waals surface area contributed by atoms with Gasteiger partial charge in [-0.2, -0.15) is 8.42 Å². The van der Waals surface area contributed by atoms with Gasteiger partial charge in [0.25, 0.3) is 10.1 Å². The third-order valence-electron chi connectivity index (χ3n) is 3.12. The zero-order chi connectivity index (χ0) is 14.3. The lowest BCUT2D eigenvalue weighted by Gasteiger charge is -2.06. The predicted octanol–water partition coefficient (Wildman–Crippen LogP) is 3.54. The second-order valence-corrected chi connectivity index (χ2v) is 6.18. The number of benzene rings is 1. The summed E-state index contributed by atoms with van der Waals surface area (Å²) in [5, 5.41) is 9.40. The molecule has 0 aromatic heterocycles. The van der Waals surface area contributed by atoms with Gasteiger partial charge in [-0.05, 0) is 30.5 Å². The van der Waals surface area contributed by atoms with Crippen LogP contribution in [-0.4, -0.2) is 18.1 Å². The SMILES string of the molecule is CCCCCCCCc1ccc(O)c(S(=O)(=O)O)c1. The Balaban J connectivity index is 2.52. The monoisotopic (exact) mass is 286 g/mol. The van der Waals surface area contributed by atoms with Crippen LogP contribution in [0.2, 0.25) is 0 Å². The van der Waals surface area contributed by atoms with Crippen LogP contribution in [0.3, 0.4) is 0 Å². The molecule has 1 aromatic rings. The lowest BCUT2D eigenvalue weighted by Crippen LogP contribution is -2.00. The van der Waals surface area contributed by atoms with E-state index in [2.05, 4.69) is 6.92 Å². The van der Waals surface area contributed by atoms with E-state index >= 15 is 0 Å². The lowest BCUT2D eigenvalue weighted by molar-refractivity contribution is 0.443. The third kappa shape index (κ3) is 5.61. The molecule has 1 aromatic carbocycles. The van der Waals surface area contributed by atoms with Crippen molar-refractivity contribution in [3.8, 4) is 5.75 Å². The Morgan fingerprint density at radius 1 is 1.05 bits per heavy atom. The van der Waals surface area contributed by atoms with Gasteiger partial charge in [0, 0.05) is 0 Å². The summed E-state index contributed by atoms with van der Waals surface area (Å²) in [6, 6.07) is 4.35. The Labute approximate surface area is 115 Å². The molecule has 0 bridgehead atoms. The molecule has 0 saturated carbocycles. The standard InChI is InChI=1S/C14H22O4S/c1-2-3-4-5-6-7-8-12-9-10-13(15)14(11-12)19(16,17)18/h9-11,15H,2-8H2,1H3,(H,16,17,18). The number of hydrogen-bond acceptors (Lipinski definition) is 3. The van der Waals surface area contributed by atoms with E-state index in [1.54, 1.807) is 6.07 Å². The third-order valence-corrected chi connectivity index (χ3v) is 4.00. The van der Waals surface area contributed by atoms with Gasteiger partial charge in [0.1, 0.15) is 10.6 Å². The summed E-state index contributed by atoms with van der Waals surface area (Å²) in [6.07, 6.45) is 7.76. The Morgan fingerprint density at radius 2 is 1.68 bits per heavy atom. The second kappa shape index (κ2) is 7.50. The highest BCUT2D eigenvalue weighted by Gasteiger charge is 2.15. The van der Waals surface area contributed by atoms with Crippen LogP contribution in [0.15, 0.2) is 23.1 Å². The van der Waals surface area contributed by atoms with Gasteiger partial charge in [-0.3, -0.25) is 4.55 Å². The van der Waals surface area contributed by atoms with Crippen molar-refractivity contribution >= 4 is 10.1 Å². The van der Waals surface area contributed by atoms with Crippen LogP contribution in [0.25, 0.3) is 0 Å². The summed E-state index contributed by atoms with van der Waals surface area (Å²) in [6.45, 7) is 2.17. The van der Waals surface area contributed by atoms with E-state index in [4.69, 9.17) is 4.55 Å². The zero-order valence-electron chi connectivity index (χ0n) is 11.3. The molecule has 0 fully saturated rings. The van der Waals surface area contributed by atoms with Crippen molar-refractivity contribution in [3.05, 3.63) is 23.8 Å². The Morgan fingerprint density at radius 3 is 2.32 bits per heavy atom. The van der Waals surface area contributed by atoms with E-state index in [-0.39, 0.29) is 0 Å². The van der Waals surface area contributed by atoms with Gasteiger partial charge in [-0.15, -0.1) is 0 Å². The number of aryl methyl sites for hydroxylation is 1. The number of phenols is 1. The summed E-state index contributed by atoms with van der Waals surface area (Å²) in [5.74, 6) is -0.408. The molecule has 0 aliphatic rings. The fraction of sp³-hybridized carbons (Fsp3) is 0.571. The first kappa shape index (κ1) is 16.0. The molecule has 0 heterocycles. The molecule has 1 rings (SSSR count). The molecule has 2 N–H and O–H groups in total. The molecular weight excluding hydrogens is 264 g/mol. The molecule has 0 radical (unpaired) electrons. The lowest BCUT2D eigenvalue weighted by atomic mass is 10.0. The largest absolute Gasteiger partial charge is 0.506 e. The highest BCUT2D eigenvalue weighted by Crippen LogP contribution is 2.24. The normalized spacial score (nSPS) is 11.7. The molecule has 4 nitrogen and oxygen atoms in total.